The quantitative estimate of drug-likeness (QED) is 0.310. The zero-order valence-corrected chi connectivity index (χ0v) is 19.3. The van der Waals surface area contributed by atoms with Crippen molar-refractivity contribution in [2.45, 2.75) is 6.92 Å². The molecule has 0 aliphatic rings. The number of rotatable bonds is 5. The lowest BCUT2D eigenvalue weighted by molar-refractivity contribution is 0.102. The summed E-state index contributed by atoms with van der Waals surface area (Å²) in [5, 5.41) is 4.15. The molecular formula is C27H20FN3O2S. The van der Waals surface area contributed by atoms with Crippen molar-refractivity contribution in [3.05, 3.63) is 95.1 Å². The van der Waals surface area contributed by atoms with Gasteiger partial charge in [-0.2, -0.15) is 0 Å². The number of anilines is 1. The number of hydrogen-bond acceptors (Lipinski definition) is 5. The molecule has 2 aromatic heterocycles. The summed E-state index contributed by atoms with van der Waals surface area (Å²) < 4.78 is 18.8. The van der Waals surface area contributed by atoms with E-state index in [9.17, 15) is 9.18 Å². The number of aryl methyl sites for hydroxylation is 1. The third-order valence-corrected chi connectivity index (χ3v) is 6.36. The van der Waals surface area contributed by atoms with Crippen LogP contribution in [0.25, 0.3) is 33.4 Å². The zero-order valence-electron chi connectivity index (χ0n) is 18.5. The van der Waals surface area contributed by atoms with E-state index in [2.05, 4.69) is 10.3 Å². The molecule has 0 saturated heterocycles. The minimum Gasteiger partial charge on any atom is -0.496 e. The van der Waals surface area contributed by atoms with E-state index in [-0.39, 0.29) is 11.7 Å². The van der Waals surface area contributed by atoms with E-state index in [0.717, 1.165) is 27.1 Å². The molecule has 0 bridgehead atoms. The van der Waals surface area contributed by atoms with Crippen molar-refractivity contribution < 1.29 is 13.9 Å². The number of methoxy groups -OCH3 is 1. The second-order valence-corrected chi connectivity index (χ2v) is 8.86. The number of carbonyl (C=O) groups is 1. The molecule has 34 heavy (non-hydrogen) atoms. The largest absolute Gasteiger partial charge is 0.496 e. The van der Waals surface area contributed by atoms with Gasteiger partial charge in [0.25, 0.3) is 5.91 Å². The maximum Gasteiger partial charge on any atom is 0.258 e. The van der Waals surface area contributed by atoms with Gasteiger partial charge in [0.1, 0.15) is 11.6 Å². The van der Waals surface area contributed by atoms with E-state index in [1.54, 1.807) is 25.3 Å². The Morgan fingerprint density at radius 1 is 0.971 bits per heavy atom. The van der Waals surface area contributed by atoms with Crippen molar-refractivity contribution in [1.29, 1.82) is 0 Å². The van der Waals surface area contributed by atoms with Crippen LogP contribution < -0.4 is 10.1 Å². The molecule has 0 fully saturated rings. The highest BCUT2D eigenvalue weighted by atomic mass is 32.1. The molecule has 168 valence electrons. The summed E-state index contributed by atoms with van der Waals surface area (Å²) in [5.74, 6) is 0.0888. The Morgan fingerprint density at radius 2 is 1.71 bits per heavy atom. The van der Waals surface area contributed by atoms with Crippen LogP contribution in [0.1, 0.15) is 15.2 Å². The topological polar surface area (TPSA) is 64.1 Å². The second-order valence-electron chi connectivity index (χ2n) is 7.66. The predicted molar refractivity (Wildman–Crippen MR) is 134 cm³/mol. The molecule has 2 heterocycles. The Hall–Kier alpha value is -4.10. The first kappa shape index (κ1) is 21.7. The summed E-state index contributed by atoms with van der Waals surface area (Å²) in [6, 6.07) is 23.0. The maximum absolute atomic E-state index is 13.4. The van der Waals surface area contributed by atoms with Crippen molar-refractivity contribution in [1.82, 2.24) is 9.97 Å². The number of fused-ring (bicyclic) bond motifs is 1. The number of ether oxygens (including phenoxy) is 1. The summed E-state index contributed by atoms with van der Waals surface area (Å²) in [6.45, 7) is 1.92. The van der Waals surface area contributed by atoms with Crippen LogP contribution >= 0.6 is 11.3 Å². The number of hydrogen-bond donors (Lipinski definition) is 1. The lowest BCUT2D eigenvalue weighted by Crippen LogP contribution is -2.13. The predicted octanol–water partition coefficient (Wildman–Crippen LogP) is 6.73. The van der Waals surface area contributed by atoms with Crippen molar-refractivity contribution in [2.75, 3.05) is 12.4 Å². The Morgan fingerprint density at radius 3 is 2.50 bits per heavy atom. The molecule has 5 nitrogen and oxygen atoms in total. The fourth-order valence-corrected chi connectivity index (χ4v) is 4.68. The Bertz CT molecular complexity index is 1510. The van der Waals surface area contributed by atoms with Crippen molar-refractivity contribution in [3.8, 4) is 28.3 Å². The van der Waals surface area contributed by atoms with Gasteiger partial charge in [0.2, 0.25) is 0 Å². The number of nitrogens with one attached hydrogen (secondary N) is 1. The first-order valence-electron chi connectivity index (χ1n) is 10.6. The van der Waals surface area contributed by atoms with Crippen molar-refractivity contribution >= 4 is 33.3 Å². The van der Waals surface area contributed by atoms with Gasteiger partial charge in [-0.1, -0.05) is 30.3 Å². The highest BCUT2D eigenvalue weighted by molar-refractivity contribution is 7.16. The molecule has 0 unspecified atom stereocenters. The smallest absolute Gasteiger partial charge is 0.258 e. The number of halogens is 1. The van der Waals surface area contributed by atoms with Crippen molar-refractivity contribution in [3.63, 3.8) is 0 Å². The van der Waals surface area contributed by atoms with Crippen LogP contribution in [0.15, 0.2) is 78.9 Å². The van der Waals surface area contributed by atoms with Crippen LogP contribution in [0, 0.1) is 12.7 Å². The van der Waals surface area contributed by atoms with Crippen LogP contribution in [-0.2, 0) is 0 Å². The van der Waals surface area contributed by atoms with Gasteiger partial charge in [-0.15, -0.1) is 11.3 Å². The third-order valence-electron chi connectivity index (χ3n) is 5.48. The van der Waals surface area contributed by atoms with E-state index < -0.39 is 0 Å². The van der Waals surface area contributed by atoms with Crippen LogP contribution in [0.4, 0.5) is 9.52 Å². The van der Waals surface area contributed by atoms with Crippen LogP contribution in [0.3, 0.4) is 0 Å². The summed E-state index contributed by atoms with van der Waals surface area (Å²) in [5.41, 5.74) is 4.15. The number of amides is 1. The number of thiazole rings is 1. The summed E-state index contributed by atoms with van der Waals surface area (Å²) in [7, 11) is 1.61. The monoisotopic (exact) mass is 469 g/mol. The number of nitrogens with zero attached hydrogens (tertiary/aromatic N) is 2. The van der Waals surface area contributed by atoms with E-state index >= 15 is 0 Å². The van der Waals surface area contributed by atoms with E-state index in [4.69, 9.17) is 9.72 Å². The fourth-order valence-electron chi connectivity index (χ4n) is 3.85. The van der Waals surface area contributed by atoms with Gasteiger partial charge in [-0.3, -0.25) is 10.1 Å². The molecule has 0 aliphatic carbocycles. The zero-order chi connectivity index (χ0) is 23.7. The van der Waals surface area contributed by atoms with Crippen LogP contribution in [-0.4, -0.2) is 23.0 Å². The van der Waals surface area contributed by atoms with Gasteiger partial charge in [-0.05, 0) is 55.5 Å². The van der Waals surface area contributed by atoms with Crippen LogP contribution in [0.5, 0.6) is 5.75 Å². The average molecular weight is 470 g/mol. The first-order chi connectivity index (χ1) is 16.5. The molecule has 1 N–H and O–H groups in total. The molecule has 0 radical (unpaired) electrons. The second kappa shape index (κ2) is 9.03. The van der Waals surface area contributed by atoms with Crippen LogP contribution in [0.2, 0.25) is 0 Å². The molecule has 0 spiro atoms. The van der Waals surface area contributed by atoms with E-state index in [1.807, 2.05) is 55.5 Å². The SMILES string of the molecule is COc1ccccc1-c1cc(C(=O)Nc2nc(-c3ccc(F)cc3)c(C)s2)c2ccccc2n1. The Balaban J connectivity index is 1.54. The number of benzene rings is 3. The molecule has 5 rings (SSSR count). The third kappa shape index (κ3) is 4.13. The minimum absolute atomic E-state index is 0.283. The fraction of sp³-hybridized carbons (Fsp3) is 0.0741. The molecule has 0 aliphatic heterocycles. The van der Waals surface area contributed by atoms with Gasteiger partial charge >= 0.3 is 0 Å². The lowest BCUT2D eigenvalue weighted by Gasteiger charge is -2.12. The van der Waals surface area contributed by atoms with Gasteiger partial charge in [0.05, 0.1) is 29.6 Å². The van der Waals surface area contributed by atoms with Gasteiger partial charge in [-0.25, -0.2) is 14.4 Å². The molecule has 0 atom stereocenters. The first-order valence-corrected chi connectivity index (χ1v) is 11.4. The summed E-state index contributed by atoms with van der Waals surface area (Å²) in [4.78, 5) is 23.7. The van der Waals surface area contributed by atoms with E-state index in [0.29, 0.717) is 27.7 Å². The lowest BCUT2D eigenvalue weighted by atomic mass is 10.0. The Kier molecular flexibility index (Phi) is 5.77. The van der Waals surface area contributed by atoms with Gasteiger partial charge in [0, 0.05) is 21.4 Å². The molecule has 5 aromatic rings. The molecular weight excluding hydrogens is 449 g/mol. The van der Waals surface area contributed by atoms with Crippen molar-refractivity contribution in [2.24, 2.45) is 0 Å². The molecule has 3 aromatic carbocycles. The number of aromatic nitrogens is 2. The highest BCUT2D eigenvalue weighted by Crippen LogP contribution is 2.33. The van der Waals surface area contributed by atoms with Gasteiger partial charge in [0.15, 0.2) is 5.13 Å². The number of para-hydroxylation sites is 2. The van der Waals surface area contributed by atoms with Gasteiger partial charge < -0.3 is 4.74 Å². The Labute approximate surface area is 199 Å². The maximum atomic E-state index is 13.4. The highest BCUT2D eigenvalue weighted by Gasteiger charge is 2.18. The molecule has 1 amide bonds. The standard InChI is InChI=1S/C27H20FN3O2S/c1-16-25(17-11-13-18(28)14-12-17)30-27(34-16)31-26(32)21-15-23(20-8-4-6-10-24(20)33-2)29-22-9-5-3-7-19(21)22/h3-15H,1-2H3,(H,30,31,32). The van der Waals surface area contributed by atoms with E-state index in [1.165, 1.54) is 23.5 Å². The number of carbonyl (C=O) groups excluding carboxylic acids is 1. The number of pyridine rings is 1. The normalized spacial score (nSPS) is 10.9. The minimum atomic E-state index is -0.305. The summed E-state index contributed by atoms with van der Waals surface area (Å²) in [6.07, 6.45) is 0. The molecule has 0 saturated carbocycles. The average Bonchev–Trinajstić information content (AvgIpc) is 3.23. The molecule has 7 heteroatoms. The summed E-state index contributed by atoms with van der Waals surface area (Å²) >= 11 is 1.38.